The van der Waals surface area contributed by atoms with Crippen LogP contribution in [-0.4, -0.2) is 22.1 Å². The Morgan fingerprint density at radius 2 is 2.20 bits per heavy atom. The van der Waals surface area contributed by atoms with Crippen molar-refractivity contribution >= 4 is 17.5 Å². The molecular formula is C15H16ClN3O. The Kier molecular flexibility index (Phi) is 3.74. The van der Waals surface area contributed by atoms with Gasteiger partial charge in [0.05, 0.1) is 12.6 Å². The average molecular weight is 290 g/mol. The molecule has 0 fully saturated rings. The number of carbonyl (C=O) groups is 1. The first-order valence-electron chi connectivity index (χ1n) is 6.75. The fraction of sp³-hybridized carbons (Fsp3) is 0.333. The van der Waals surface area contributed by atoms with E-state index >= 15 is 0 Å². The SMILES string of the molecule is O=C(Cc1ccc(Cl)cc1)NC1CCc2cn[nH]c2C1. The van der Waals surface area contributed by atoms with E-state index in [2.05, 4.69) is 15.5 Å². The fourth-order valence-corrected chi connectivity index (χ4v) is 2.72. The normalized spacial score (nSPS) is 17.6. The van der Waals surface area contributed by atoms with Gasteiger partial charge >= 0.3 is 0 Å². The maximum absolute atomic E-state index is 12.0. The van der Waals surface area contributed by atoms with Crippen molar-refractivity contribution < 1.29 is 4.79 Å². The van der Waals surface area contributed by atoms with Crippen molar-refractivity contribution in [1.29, 1.82) is 0 Å². The number of hydrogen-bond acceptors (Lipinski definition) is 2. The van der Waals surface area contributed by atoms with E-state index in [9.17, 15) is 4.79 Å². The molecule has 1 aliphatic carbocycles. The van der Waals surface area contributed by atoms with Crippen LogP contribution in [0, 0.1) is 0 Å². The Labute approximate surface area is 122 Å². The second-order valence-electron chi connectivity index (χ2n) is 5.18. The zero-order chi connectivity index (χ0) is 13.9. The minimum atomic E-state index is 0.0558. The number of hydrogen-bond donors (Lipinski definition) is 2. The molecule has 0 aliphatic heterocycles. The largest absolute Gasteiger partial charge is 0.353 e. The van der Waals surface area contributed by atoms with Crippen LogP contribution < -0.4 is 5.32 Å². The lowest BCUT2D eigenvalue weighted by Gasteiger charge is -2.22. The molecule has 5 heteroatoms. The molecule has 1 aromatic heterocycles. The number of benzene rings is 1. The molecular weight excluding hydrogens is 274 g/mol. The number of aromatic amines is 1. The molecule has 20 heavy (non-hydrogen) atoms. The van der Waals surface area contributed by atoms with E-state index in [0.717, 1.165) is 30.5 Å². The lowest BCUT2D eigenvalue weighted by atomic mass is 9.93. The van der Waals surface area contributed by atoms with Crippen molar-refractivity contribution in [2.45, 2.75) is 31.7 Å². The van der Waals surface area contributed by atoms with Crippen LogP contribution in [-0.2, 0) is 24.1 Å². The summed E-state index contributed by atoms with van der Waals surface area (Å²) < 4.78 is 0. The van der Waals surface area contributed by atoms with Gasteiger partial charge in [0, 0.05) is 23.2 Å². The number of rotatable bonds is 3. The Bertz CT molecular complexity index is 606. The number of amides is 1. The molecule has 0 bridgehead atoms. The molecule has 4 nitrogen and oxygen atoms in total. The van der Waals surface area contributed by atoms with Crippen molar-refractivity contribution in [3.05, 3.63) is 52.3 Å². The van der Waals surface area contributed by atoms with E-state index < -0.39 is 0 Å². The summed E-state index contributed by atoms with van der Waals surface area (Å²) >= 11 is 5.83. The molecule has 0 saturated carbocycles. The summed E-state index contributed by atoms with van der Waals surface area (Å²) in [6.45, 7) is 0. The van der Waals surface area contributed by atoms with E-state index in [1.807, 2.05) is 30.5 Å². The van der Waals surface area contributed by atoms with Gasteiger partial charge in [-0.1, -0.05) is 23.7 Å². The molecule has 0 saturated heterocycles. The summed E-state index contributed by atoms with van der Waals surface area (Å²) in [5.74, 6) is 0.0558. The van der Waals surface area contributed by atoms with Gasteiger partial charge in [0.25, 0.3) is 0 Å². The third kappa shape index (κ3) is 3.02. The van der Waals surface area contributed by atoms with Gasteiger partial charge in [-0.25, -0.2) is 0 Å². The Hall–Kier alpha value is -1.81. The Balaban J connectivity index is 1.56. The standard InChI is InChI=1S/C15H16ClN3O/c16-12-4-1-10(2-5-12)7-15(20)18-13-6-3-11-9-17-19-14(11)8-13/h1-2,4-5,9,13H,3,6-8H2,(H,17,19)(H,18,20). The van der Waals surface area contributed by atoms with Gasteiger partial charge in [-0.05, 0) is 36.1 Å². The quantitative estimate of drug-likeness (QED) is 0.911. The lowest BCUT2D eigenvalue weighted by Crippen LogP contribution is -2.39. The summed E-state index contributed by atoms with van der Waals surface area (Å²) in [7, 11) is 0. The third-order valence-corrected chi connectivity index (χ3v) is 3.92. The number of fused-ring (bicyclic) bond motifs is 1. The molecule has 1 heterocycles. The molecule has 1 aromatic carbocycles. The Morgan fingerprint density at radius 1 is 1.40 bits per heavy atom. The van der Waals surface area contributed by atoms with E-state index in [0.29, 0.717) is 11.4 Å². The second-order valence-corrected chi connectivity index (χ2v) is 5.62. The highest BCUT2D eigenvalue weighted by Crippen LogP contribution is 2.19. The lowest BCUT2D eigenvalue weighted by molar-refractivity contribution is -0.121. The second kappa shape index (κ2) is 5.67. The molecule has 2 N–H and O–H groups in total. The van der Waals surface area contributed by atoms with Crippen molar-refractivity contribution in [1.82, 2.24) is 15.5 Å². The van der Waals surface area contributed by atoms with E-state index in [1.165, 1.54) is 5.56 Å². The smallest absolute Gasteiger partial charge is 0.224 e. The third-order valence-electron chi connectivity index (χ3n) is 3.66. The number of nitrogens with zero attached hydrogens (tertiary/aromatic N) is 1. The summed E-state index contributed by atoms with van der Waals surface area (Å²) in [4.78, 5) is 12.0. The average Bonchev–Trinajstić information content (AvgIpc) is 2.89. The van der Waals surface area contributed by atoms with Crippen LogP contribution in [0.1, 0.15) is 23.2 Å². The van der Waals surface area contributed by atoms with Gasteiger partial charge in [0.1, 0.15) is 0 Å². The fourth-order valence-electron chi connectivity index (χ4n) is 2.60. The molecule has 2 aromatic rings. The molecule has 1 atom stereocenters. The number of nitrogens with one attached hydrogen (secondary N) is 2. The van der Waals surface area contributed by atoms with Crippen molar-refractivity contribution in [3.8, 4) is 0 Å². The van der Waals surface area contributed by atoms with Crippen LogP contribution in [0.15, 0.2) is 30.5 Å². The van der Waals surface area contributed by atoms with E-state index in [1.54, 1.807) is 0 Å². The van der Waals surface area contributed by atoms with Gasteiger partial charge < -0.3 is 5.32 Å². The maximum atomic E-state index is 12.0. The highest BCUT2D eigenvalue weighted by molar-refractivity contribution is 6.30. The van der Waals surface area contributed by atoms with Crippen LogP contribution in [0.25, 0.3) is 0 Å². The van der Waals surface area contributed by atoms with Crippen LogP contribution in [0.5, 0.6) is 0 Å². The highest BCUT2D eigenvalue weighted by Gasteiger charge is 2.21. The predicted octanol–water partition coefficient (Wildman–Crippen LogP) is 2.28. The zero-order valence-electron chi connectivity index (χ0n) is 11.0. The van der Waals surface area contributed by atoms with Crippen molar-refractivity contribution in [3.63, 3.8) is 0 Å². The van der Waals surface area contributed by atoms with Crippen molar-refractivity contribution in [2.75, 3.05) is 0 Å². The Morgan fingerprint density at radius 3 is 3.00 bits per heavy atom. The molecule has 104 valence electrons. The van der Waals surface area contributed by atoms with Gasteiger partial charge in [-0.15, -0.1) is 0 Å². The molecule has 1 unspecified atom stereocenters. The molecule has 1 amide bonds. The number of aryl methyl sites for hydroxylation is 1. The predicted molar refractivity (Wildman–Crippen MR) is 77.7 cm³/mol. The van der Waals surface area contributed by atoms with Crippen LogP contribution in [0.3, 0.4) is 0 Å². The van der Waals surface area contributed by atoms with Crippen LogP contribution in [0.4, 0.5) is 0 Å². The molecule has 0 radical (unpaired) electrons. The van der Waals surface area contributed by atoms with Gasteiger partial charge in [-0.2, -0.15) is 5.10 Å². The highest BCUT2D eigenvalue weighted by atomic mass is 35.5. The van der Waals surface area contributed by atoms with Crippen molar-refractivity contribution in [2.24, 2.45) is 0 Å². The monoisotopic (exact) mass is 289 g/mol. The molecule has 1 aliphatic rings. The van der Waals surface area contributed by atoms with Gasteiger partial charge in [-0.3, -0.25) is 9.89 Å². The summed E-state index contributed by atoms with van der Waals surface area (Å²) in [5.41, 5.74) is 3.39. The first-order chi connectivity index (χ1) is 9.70. The maximum Gasteiger partial charge on any atom is 0.224 e. The van der Waals surface area contributed by atoms with E-state index in [4.69, 9.17) is 11.6 Å². The molecule has 0 spiro atoms. The summed E-state index contributed by atoms with van der Waals surface area (Å²) in [6.07, 6.45) is 5.04. The number of aromatic nitrogens is 2. The first-order valence-corrected chi connectivity index (χ1v) is 7.13. The minimum Gasteiger partial charge on any atom is -0.353 e. The first kappa shape index (κ1) is 13.2. The van der Waals surface area contributed by atoms with E-state index in [-0.39, 0.29) is 11.9 Å². The van der Waals surface area contributed by atoms with Crippen LogP contribution in [0.2, 0.25) is 5.02 Å². The molecule has 3 rings (SSSR count). The number of halogens is 1. The number of carbonyl (C=O) groups excluding carboxylic acids is 1. The van der Waals surface area contributed by atoms with Gasteiger partial charge in [0.2, 0.25) is 5.91 Å². The van der Waals surface area contributed by atoms with Crippen LogP contribution >= 0.6 is 11.6 Å². The van der Waals surface area contributed by atoms with Gasteiger partial charge in [0.15, 0.2) is 0 Å². The zero-order valence-corrected chi connectivity index (χ0v) is 11.8. The minimum absolute atomic E-state index is 0.0558. The summed E-state index contributed by atoms with van der Waals surface area (Å²) in [5, 5.41) is 10.8. The number of H-pyrrole nitrogens is 1. The topological polar surface area (TPSA) is 57.8 Å². The summed E-state index contributed by atoms with van der Waals surface area (Å²) in [6, 6.07) is 7.58.